The van der Waals surface area contributed by atoms with Crippen LogP contribution >= 0.6 is 11.5 Å². The average Bonchev–Trinajstić information content (AvgIpc) is 3.23. The number of carbonyl (C=O) groups is 1. The molecule has 2 atom stereocenters. The zero-order valence-electron chi connectivity index (χ0n) is 13.5. The summed E-state index contributed by atoms with van der Waals surface area (Å²) < 4.78 is 3.89. The van der Waals surface area contributed by atoms with E-state index in [4.69, 9.17) is 0 Å². The zero-order valence-corrected chi connectivity index (χ0v) is 14.3. The first kappa shape index (κ1) is 16.1. The van der Waals surface area contributed by atoms with Gasteiger partial charge in [0, 0.05) is 25.2 Å². The van der Waals surface area contributed by atoms with Gasteiger partial charge in [-0.1, -0.05) is 41.7 Å². The predicted molar refractivity (Wildman–Crippen MR) is 91.6 cm³/mol. The van der Waals surface area contributed by atoms with E-state index >= 15 is 0 Å². The van der Waals surface area contributed by atoms with Crippen LogP contribution in [0.4, 0.5) is 0 Å². The Hall–Kier alpha value is -1.79. The molecule has 23 heavy (non-hydrogen) atoms. The molecule has 1 aromatic heterocycles. The number of amides is 1. The molecule has 1 aliphatic heterocycles. The normalized spacial score (nSPS) is 19.7. The smallest absolute Gasteiger partial charge is 0.265 e. The number of likely N-dealkylation sites (tertiary alicyclic amines) is 1. The first-order chi connectivity index (χ1) is 11.2. The lowest BCUT2D eigenvalue weighted by Gasteiger charge is -2.24. The number of aryl methyl sites for hydroxylation is 1. The lowest BCUT2D eigenvalue weighted by Crippen LogP contribution is -2.37. The molecule has 0 unspecified atom stereocenters. The number of rotatable bonds is 5. The Balaban J connectivity index is 1.59. The maximum absolute atomic E-state index is 12.4. The summed E-state index contributed by atoms with van der Waals surface area (Å²) in [5.74, 6) is -0.0314. The summed E-state index contributed by atoms with van der Waals surface area (Å²) in [6, 6.07) is 11.1. The van der Waals surface area contributed by atoms with Gasteiger partial charge in [-0.25, -0.2) is 0 Å². The van der Waals surface area contributed by atoms with Gasteiger partial charge >= 0.3 is 0 Å². The summed E-state index contributed by atoms with van der Waals surface area (Å²) in [4.78, 5) is 15.5. The van der Waals surface area contributed by atoms with Crippen molar-refractivity contribution in [3.8, 4) is 0 Å². The highest BCUT2D eigenvalue weighted by atomic mass is 32.1. The van der Waals surface area contributed by atoms with Crippen molar-refractivity contribution in [2.75, 3.05) is 13.1 Å². The van der Waals surface area contributed by atoms with Gasteiger partial charge in [-0.2, -0.15) is 0 Å². The third-order valence-electron chi connectivity index (χ3n) is 4.48. The maximum atomic E-state index is 12.4. The molecule has 6 heteroatoms. The highest BCUT2D eigenvalue weighted by Gasteiger charge is 2.28. The van der Waals surface area contributed by atoms with Gasteiger partial charge in [0.05, 0.1) is 5.69 Å². The minimum atomic E-state index is -0.0314. The monoisotopic (exact) mass is 330 g/mol. The Morgan fingerprint density at radius 3 is 2.96 bits per heavy atom. The van der Waals surface area contributed by atoms with E-state index in [0.717, 1.165) is 31.6 Å². The first-order valence-corrected chi connectivity index (χ1v) is 8.87. The fourth-order valence-electron chi connectivity index (χ4n) is 3.06. The molecule has 0 saturated carbocycles. The molecule has 0 spiro atoms. The van der Waals surface area contributed by atoms with E-state index in [1.54, 1.807) is 0 Å². The predicted octanol–water partition coefficient (Wildman–Crippen LogP) is 2.67. The number of carbonyl (C=O) groups excluding carboxylic acids is 1. The molecule has 122 valence electrons. The van der Waals surface area contributed by atoms with Crippen LogP contribution in [0.5, 0.6) is 0 Å². The van der Waals surface area contributed by atoms with E-state index in [2.05, 4.69) is 51.0 Å². The number of nitrogens with zero attached hydrogens (tertiary/aromatic N) is 3. The van der Waals surface area contributed by atoms with E-state index < -0.39 is 0 Å². The van der Waals surface area contributed by atoms with Crippen molar-refractivity contribution >= 4 is 17.4 Å². The number of nitrogens with one attached hydrogen (secondary N) is 1. The largest absolute Gasteiger partial charge is 0.347 e. The Morgan fingerprint density at radius 2 is 2.22 bits per heavy atom. The summed E-state index contributed by atoms with van der Waals surface area (Å²) in [5, 5.41) is 7.15. The van der Waals surface area contributed by atoms with Gasteiger partial charge < -0.3 is 5.32 Å². The lowest BCUT2D eigenvalue weighted by molar-refractivity contribution is 0.0939. The first-order valence-electron chi connectivity index (χ1n) is 8.10. The van der Waals surface area contributed by atoms with Crippen molar-refractivity contribution in [1.29, 1.82) is 0 Å². The SMILES string of the molecule is CCc1nnsc1C(=O)N[C@@H]1CCN([C@@H](C)c2ccccc2)C1. The van der Waals surface area contributed by atoms with E-state index in [0.29, 0.717) is 10.9 Å². The highest BCUT2D eigenvalue weighted by Crippen LogP contribution is 2.24. The fourth-order valence-corrected chi connectivity index (χ4v) is 3.72. The average molecular weight is 330 g/mol. The van der Waals surface area contributed by atoms with Gasteiger partial charge in [-0.3, -0.25) is 9.69 Å². The standard InChI is InChI=1S/C17H22N4OS/c1-3-15-16(23-20-19-15)17(22)18-14-9-10-21(11-14)12(2)13-7-5-4-6-8-13/h4-8,12,14H,3,9-11H2,1-2H3,(H,18,22)/t12-,14+/m0/s1. The highest BCUT2D eigenvalue weighted by molar-refractivity contribution is 7.08. The van der Waals surface area contributed by atoms with Gasteiger partial charge in [0.25, 0.3) is 5.91 Å². The maximum Gasteiger partial charge on any atom is 0.265 e. The van der Waals surface area contributed by atoms with E-state index in [1.807, 2.05) is 13.0 Å². The molecule has 2 aromatic rings. The van der Waals surface area contributed by atoms with Crippen LogP contribution in [0.1, 0.15) is 47.2 Å². The Labute approximate surface area is 140 Å². The number of hydrogen-bond acceptors (Lipinski definition) is 5. The molecule has 0 bridgehead atoms. The molecule has 1 saturated heterocycles. The summed E-state index contributed by atoms with van der Waals surface area (Å²) in [6.45, 7) is 6.10. The fraction of sp³-hybridized carbons (Fsp3) is 0.471. The van der Waals surface area contributed by atoms with Crippen LogP contribution in [0.25, 0.3) is 0 Å². The van der Waals surface area contributed by atoms with Crippen LogP contribution in [0.15, 0.2) is 30.3 Å². The molecule has 0 radical (unpaired) electrons. The Morgan fingerprint density at radius 1 is 1.43 bits per heavy atom. The minimum absolute atomic E-state index is 0.0314. The number of aromatic nitrogens is 2. The molecule has 3 rings (SSSR count). The van der Waals surface area contributed by atoms with E-state index in [9.17, 15) is 4.79 Å². The summed E-state index contributed by atoms with van der Waals surface area (Å²) in [6.07, 6.45) is 1.72. The Kier molecular flexibility index (Phi) is 5.03. The van der Waals surface area contributed by atoms with Crippen molar-refractivity contribution < 1.29 is 4.79 Å². The van der Waals surface area contributed by atoms with Crippen molar-refractivity contribution in [2.45, 2.75) is 38.8 Å². The minimum Gasteiger partial charge on any atom is -0.347 e. The molecule has 1 N–H and O–H groups in total. The molecule has 1 aromatic carbocycles. The topological polar surface area (TPSA) is 58.1 Å². The molecular weight excluding hydrogens is 308 g/mol. The van der Waals surface area contributed by atoms with Gasteiger partial charge in [0.1, 0.15) is 4.88 Å². The van der Waals surface area contributed by atoms with Crippen molar-refractivity contribution in [3.05, 3.63) is 46.5 Å². The quantitative estimate of drug-likeness (QED) is 0.916. The van der Waals surface area contributed by atoms with Crippen molar-refractivity contribution in [1.82, 2.24) is 19.8 Å². The van der Waals surface area contributed by atoms with Crippen LogP contribution in [0.3, 0.4) is 0 Å². The molecule has 2 heterocycles. The van der Waals surface area contributed by atoms with Gasteiger partial charge in [0.2, 0.25) is 0 Å². The van der Waals surface area contributed by atoms with Crippen molar-refractivity contribution in [3.63, 3.8) is 0 Å². The van der Waals surface area contributed by atoms with Crippen LogP contribution in [-0.4, -0.2) is 39.5 Å². The molecular formula is C17H22N4OS. The molecule has 1 fully saturated rings. The lowest BCUT2D eigenvalue weighted by atomic mass is 10.1. The summed E-state index contributed by atoms with van der Waals surface area (Å²) in [5.41, 5.74) is 2.11. The third kappa shape index (κ3) is 3.59. The second-order valence-corrected chi connectivity index (χ2v) is 6.70. The molecule has 1 aliphatic rings. The van der Waals surface area contributed by atoms with Gasteiger partial charge in [0.15, 0.2) is 0 Å². The summed E-state index contributed by atoms with van der Waals surface area (Å²) in [7, 11) is 0. The van der Waals surface area contributed by atoms with E-state index in [-0.39, 0.29) is 11.9 Å². The van der Waals surface area contributed by atoms with E-state index in [1.165, 1.54) is 17.1 Å². The third-order valence-corrected chi connectivity index (χ3v) is 5.25. The number of hydrogen-bond donors (Lipinski definition) is 1. The summed E-state index contributed by atoms with van der Waals surface area (Å²) >= 11 is 1.18. The zero-order chi connectivity index (χ0) is 16.2. The second-order valence-electron chi connectivity index (χ2n) is 5.94. The van der Waals surface area contributed by atoms with Gasteiger partial charge in [-0.15, -0.1) is 5.10 Å². The number of benzene rings is 1. The van der Waals surface area contributed by atoms with Crippen molar-refractivity contribution in [2.24, 2.45) is 0 Å². The van der Waals surface area contributed by atoms with Crippen LogP contribution in [0, 0.1) is 0 Å². The van der Waals surface area contributed by atoms with Gasteiger partial charge in [-0.05, 0) is 36.9 Å². The van der Waals surface area contributed by atoms with Crippen LogP contribution in [-0.2, 0) is 6.42 Å². The Bertz CT molecular complexity index is 658. The molecule has 0 aliphatic carbocycles. The second kappa shape index (κ2) is 7.19. The van der Waals surface area contributed by atoms with Crippen LogP contribution < -0.4 is 5.32 Å². The molecule has 5 nitrogen and oxygen atoms in total. The van der Waals surface area contributed by atoms with Crippen LogP contribution in [0.2, 0.25) is 0 Å². The molecule has 1 amide bonds.